The Morgan fingerprint density at radius 3 is 2.46 bits per heavy atom. The van der Waals surface area contributed by atoms with Crippen LogP contribution in [0.4, 0.5) is 5.69 Å². The molecular formula is C22H21N3O2S. The van der Waals surface area contributed by atoms with Gasteiger partial charge in [0, 0.05) is 24.1 Å². The zero-order chi connectivity index (χ0) is 19.7. The van der Waals surface area contributed by atoms with Crippen LogP contribution in [0, 0.1) is 0 Å². The lowest BCUT2D eigenvalue weighted by Gasteiger charge is -2.15. The van der Waals surface area contributed by atoms with Crippen LogP contribution in [0.5, 0.6) is 5.88 Å². The fraction of sp³-hybridized carbons (Fsp3) is 0.182. The van der Waals surface area contributed by atoms with Crippen molar-refractivity contribution in [2.24, 2.45) is 0 Å². The van der Waals surface area contributed by atoms with E-state index in [-0.39, 0.29) is 11.6 Å². The number of thioether (sulfide) groups is 1. The molecule has 1 aliphatic heterocycles. The van der Waals surface area contributed by atoms with Crippen LogP contribution in [0.1, 0.15) is 19.5 Å². The van der Waals surface area contributed by atoms with E-state index in [0.717, 1.165) is 17.3 Å². The minimum Gasteiger partial charge on any atom is -0.493 e. The van der Waals surface area contributed by atoms with Gasteiger partial charge in [0.2, 0.25) is 5.88 Å². The van der Waals surface area contributed by atoms with Crippen molar-refractivity contribution in [3.05, 3.63) is 81.5 Å². The third kappa shape index (κ3) is 2.97. The van der Waals surface area contributed by atoms with Crippen LogP contribution < -0.4 is 10.6 Å². The second-order valence-electron chi connectivity index (χ2n) is 6.31. The number of nitrogens with zero attached hydrogens (tertiary/aromatic N) is 3. The number of aromatic nitrogens is 2. The minimum absolute atomic E-state index is 0.0743. The van der Waals surface area contributed by atoms with E-state index in [1.165, 1.54) is 9.46 Å². The van der Waals surface area contributed by atoms with Crippen LogP contribution in [-0.4, -0.2) is 20.8 Å². The molecule has 0 atom stereocenters. The Morgan fingerprint density at radius 1 is 1.04 bits per heavy atom. The molecule has 3 aromatic rings. The number of imidazole rings is 1. The Labute approximate surface area is 167 Å². The first-order valence-electron chi connectivity index (χ1n) is 9.26. The molecule has 1 aliphatic rings. The monoisotopic (exact) mass is 391 g/mol. The molecule has 0 saturated heterocycles. The molecule has 0 aliphatic carbocycles. The van der Waals surface area contributed by atoms with Crippen molar-refractivity contribution in [1.82, 2.24) is 9.13 Å². The van der Waals surface area contributed by atoms with Gasteiger partial charge in [-0.3, -0.25) is 4.57 Å². The van der Waals surface area contributed by atoms with Crippen molar-refractivity contribution in [2.75, 3.05) is 11.4 Å². The number of fused-ring (bicyclic) bond motifs is 1. The molecule has 0 spiro atoms. The number of hydrogen-bond acceptors (Lipinski definition) is 4. The standard InChI is InChI=1S/C22H21N3O2S/c1-3-23-17-12-8-9-13-19(17)28-20(23)15-14-18-21(26)25(22(27)24(18)4-2)16-10-6-5-7-11-16/h5-14,26H,3-4H2,1-2H3. The molecular weight excluding hydrogens is 370 g/mol. The van der Waals surface area contributed by atoms with E-state index in [4.69, 9.17) is 0 Å². The highest BCUT2D eigenvalue weighted by atomic mass is 32.2. The lowest BCUT2D eigenvalue weighted by Crippen LogP contribution is -2.23. The highest BCUT2D eigenvalue weighted by Crippen LogP contribution is 2.45. The molecule has 0 saturated carbocycles. The fourth-order valence-electron chi connectivity index (χ4n) is 3.39. The third-order valence-corrected chi connectivity index (χ3v) is 5.84. The molecule has 1 N–H and O–H groups in total. The highest BCUT2D eigenvalue weighted by Gasteiger charge is 2.23. The maximum Gasteiger partial charge on any atom is 0.336 e. The zero-order valence-corrected chi connectivity index (χ0v) is 16.6. The molecule has 2 aromatic carbocycles. The van der Waals surface area contributed by atoms with Gasteiger partial charge in [-0.25, -0.2) is 9.36 Å². The molecule has 6 heteroatoms. The van der Waals surface area contributed by atoms with E-state index in [1.54, 1.807) is 34.5 Å². The lowest BCUT2D eigenvalue weighted by atomic mass is 10.3. The van der Waals surface area contributed by atoms with Gasteiger partial charge in [0.1, 0.15) is 10.7 Å². The summed E-state index contributed by atoms with van der Waals surface area (Å²) in [5.41, 5.74) is 5.28. The summed E-state index contributed by atoms with van der Waals surface area (Å²) < 4.78 is 2.88. The first-order chi connectivity index (χ1) is 13.7. The summed E-state index contributed by atoms with van der Waals surface area (Å²) in [4.78, 5) is 16.2. The zero-order valence-electron chi connectivity index (χ0n) is 15.8. The van der Waals surface area contributed by atoms with Crippen LogP contribution in [0.3, 0.4) is 0 Å². The second-order valence-corrected chi connectivity index (χ2v) is 7.35. The summed E-state index contributed by atoms with van der Waals surface area (Å²) in [6.45, 7) is 5.26. The van der Waals surface area contributed by atoms with Gasteiger partial charge in [0.05, 0.1) is 11.4 Å². The van der Waals surface area contributed by atoms with Crippen molar-refractivity contribution in [2.45, 2.75) is 25.3 Å². The van der Waals surface area contributed by atoms with Gasteiger partial charge in [-0.1, -0.05) is 47.8 Å². The Kier molecular flexibility index (Phi) is 4.90. The van der Waals surface area contributed by atoms with Crippen LogP contribution in [0.25, 0.3) is 11.8 Å². The summed E-state index contributed by atoms with van der Waals surface area (Å²) in [6.07, 6.45) is 1.70. The number of para-hydroxylation sites is 2. The smallest absolute Gasteiger partial charge is 0.336 e. The Bertz CT molecular complexity index is 1140. The predicted octanol–water partition coefficient (Wildman–Crippen LogP) is 4.45. The number of benzene rings is 2. The average Bonchev–Trinajstić information content (AvgIpc) is 3.20. The van der Waals surface area contributed by atoms with Crippen molar-refractivity contribution in [3.8, 4) is 11.6 Å². The van der Waals surface area contributed by atoms with Crippen LogP contribution in [0.2, 0.25) is 0 Å². The number of hydrogen-bond donors (Lipinski definition) is 1. The summed E-state index contributed by atoms with van der Waals surface area (Å²) in [7, 11) is 0. The molecule has 1 aromatic heterocycles. The Hall–Kier alpha value is -3.08. The van der Waals surface area contributed by atoms with E-state index in [2.05, 4.69) is 29.7 Å². The quantitative estimate of drug-likeness (QED) is 0.668. The molecule has 0 fully saturated rings. The van der Waals surface area contributed by atoms with E-state index in [0.29, 0.717) is 17.9 Å². The Morgan fingerprint density at radius 2 is 1.75 bits per heavy atom. The maximum atomic E-state index is 12.8. The fourth-order valence-corrected chi connectivity index (χ4v) is 4.49. The number of aromatic hydroxyl groups is 1. The Balaban J connectivity index is 1.83. The summed E-state index contributed by atoms with van der Waals surface area (Å²) in [5.74, 6) is -0.0743. The van der Waals surface area contributed by atoms with Gasteiger partial charge in [-0.15, -0.1) is 0 Å². The maximum absolute atomic E-state index is 12.8. The van der Waals surface area contributed by atoms with Crippen LogP contribution >= 0.6 is 11.8 Å². The molecule has 0 unspecified atom stereocenters. The molecule has 0 radical (unpaired) electrons. The summed E-state index contributed by atoms with van der Waals surface area (Å²) >= 11 is 1.64. The van der Waals surface area contributed by atoms with E-state index in [9.17, 15) is 9.90 Å². The van der Waals surface area contributed by atoms with Crippen molar-refractivity contribution >= 4 is 23.5 Å². The van der Waals surface area contributed by atoms with E-state index >= 15 is 0 Å². The number of anilines is 1. The van der Waals surface area contributed by atoms with Gasteiger partial charge in [0.15, 0.2) is 0 Å². The minimum atomic E-state index is -0.265. The summed E-state index contributed by atoms with van der Waals surface area (Å²) in [6, 6.07) is 17.4. The van der Waals surface area contributed by atoms with E-state index < -0.39 is 0 Å². The molecule has 2 heterocycles. The van der Waals surface area contributed by atoms with Crippen molar-refractivity contribution in [1.29, 1.82) is 0 Å². The molecule has 0 amide bonds. The number of rotatable bonds is 4. The molecule has 28 heavy (non-hydrogen) atoms. The van der Waals surface area contributed by atoms with Gasteiger partial charge in [-0.2, -0.15) is 0 Å². The lowest BCUT2D eigenvalue weighted by molar-refractivity contribution is 0.439. The average molecular weight is 391 g/mol. The predicted molar refractivity (Wildman–Crippen MR) is 114 cm³/mol. The van der Waals surface area contributed by atoms with Crippen LogP contribution in [-0.2, 0) is 6.54 Å². The molecule has 5 nitrogen and oxygen atoms in total. The van der Waals surface area contributed by atoms with E-state index in [1.807, 2.05) is 37.3 Å². The van der Waals surface area contributed by atoms with Crippen molar-refractivity contribution in [3.63, 3.8) is 0 Å². The van der Waals surface area contributed by atoms with Gasteiger partial charge in [-0.05, 0) is 38.1 Å². The topological polar surface area (TPSA) is 50.4 Å². The third-order valence-electron chi connectivity index (χ3n) is 4.74. The van der Waals surface area contributed by atoms with Gasteiger partial charge >= 0.3 is 5.69 Å². The first kappa shape index (κ1) is 18.3. The van der Waals surface area contributed by atoms with Crippen molar-refractivity contribution < 1.29 is 5.11 Å². The summed E-state index contributed by atoms with van der Waals surface area (Å²) in [5, 5.41) is 11.7. The molecule has 4 rings (SSSR count). The highest BCUT2D eigenvalue weighted by molar-refractivity contribution is 8.03. The molecule has 142 valence electrons. The first-order valence-corrected chi connectivity index (χ1v) is 10.1. The largest absolute Gasteiger partial charge is 0.493 e. The van der Waals surface area contributed by atoms with Gasteiger partial charge in [0.25, 0.3) is 0 Å². The molecule has 0 bridgehead atoms. The van der Waals surface area contributed by atoms with Gasteiger partial charge < -0.3 is 10.0 Å². The normalized spacial score (nSPS) is 12.8. The second kappa shape index (κ2) is 7.50. The SMILES string of the molecule is CCN1C(=C=Cc2c(O)n(-c3ccccc3)c(=O)n2CC)Sc2ccccc21. The van der Waals surface area contributed by atoms with Crippen LogP contribution in [0.15, 0.2) is 75.0 Å².